The number of hydrogen-bond acceptors (Lipinski definition) is 5. The molecule has 0 aromatic heterocycles. The van der Waals surface area contributed by atoms with Crippen LogP contribution >= 0.6 is 0 Å². The van der Waals surface area contributed by atoms with Crippen LogP contribution in [0.4, 0.5) is 0 Å². The summed E-state index contributed by atoms with van der Waals surface area (Å²) in [6, 6.07) is 7.80. The first-order valence-corrected chi connectivity index (χ1v) is 6.05. The first kappa shape index (κ1) is 14.5. The van der Waals surface area contributed by atoms with Gasteiger partial charge in [-0.3, -0.25) is 4.79 Å². The number of ether oxygens (including phenoxy) is 1. The van der Waals surface area contributed by atoms with E-state index in [0.29, 0.717) is 0 Å². The summed E-state index contributed by atoms with van der Waals surface area (Å²) in [7, 11) is 1.38. The Labute approximate surface area is 120 Å². The maximum atomic E-state index is 11.5. The molecule has 0 saturated carbocycles. The molecule has 1 unspecified atom stereocenters. The van der Waals surface area contributed by atoms with Gasteiger partial charge in [0.2, 0.25) is 0 Å². The molecule has 6 heteroatoms. The Bertz CT molecular complexity index is 680. The predicted molar refractivity (Wildman–Crippen MR) is 73.9 cm³/mol. The van der Waals surface area contributed by atoms with E-state index in [0.717, 1.165) is 0 Å². The Morgan fingerprint density at radius 2 is 1.76 bits per heavy atom. The lowest BCUT2D eigenvalue weighted by atomic mass is 9.90. The summed E-state index contributed by atoms with van der Waals surface area (Å²) in [6.07, 6.45) is 0. The first-order chi connectivity index (χ1) is 9.93. The van der Waals surface area contributed by atoms with Crippen molar-refractivity contribution in [1.29, 1.82) is 0 Å². The number of aromatic hydroxyl groups is 3. The maximum absolute atomic E-state index is 11.5. The summed E-state index contributed by atoms with van der Waals surface area (Å²) in [5.41, 5.74) is 0.286. The number of hydrogen-bond donors (Lipinski definition) is 4. The third kappa shape index (κ3) is 2.84. The van der Waals surface area contributed by atoms with Gasteiger partial charge in [0.25, 0.3) is 0 Å². The standard InChI is InChI=1S/C15H14O6/c1-21-13-5-2-8(6-12(13)18)14(15(19)20)10-7-9(16)3-4-11(10)17/h2-7,14,16-18H,1H3,(H,19,20). The lowest BCUT2D eigenvalue weighted by Gasteiger charge is -2.16. The molecule has 0 aliphatic heterocycles. The van der Waals surface area contributed by atoms with Crippen LogP contribution in [0.3, 0.4) is 0 Å². The number of benzene rings is 2. The predicted octanol–water partition coefficient (Wildman–Crippen LogP) is 2.03. The topological polar surface area (TPSA) is 107 Å². The molecule has 0 saturated heterocycles. The third-order valence-electron chi connectivity index (χ3n) is 3.11. The van der Waals surface area contributed by atoms with Crippen molar-refractivity contribution in [2.45, 2.75) is 5.92 Å². The summed E-state index contributed by atoms with van der Waals surface area (Å²) in [5, 5.41) is 38.5. The summed E-state index contributed by atoms with van der Waals surface area (Å²) < 4.78 is 4.90. The van der Waals surface area contributed by atoms with Crippen LogP contribution in [0.1, 0.15) is 17.0 Å². The fourth-order valence-electron chi connectivity index (χ4n) is 2.11. The van der Waals surface area contributed by atoms with E-state index in [4.69, 9.17) is 4.74 Å². The molecule has 0 fully saturated rings. The maximum Gasteiger partial charge on any atom is 0.315 e. The van der Waals surface area contributed by atoms with Crippen LogP contribution in [0, 0.1) is 0 Å². The highest BCUT2D eigenvalue weighted by atomic mass is 16.5. The highest BCUT2D eigenvalue weighted by molar-refractivity contribution is 5.82. The monoisotopic (exact) mass is 290 g/mol. The lowest BCUT2D eigenvalue weighted by molar-refractivity contribution is -0.137. The molecule has 110 valence electrons. The van der Waals surface area contributed by atoms with Crippen LogP contribution in [0.2, 0.25) is 0 Å². The van der Waals surface area contributed by atoms with Crippen LogP contribution in [0.5, 0.6) is 23.0 Å². The van der Waals surface area contributed by atoms with Crippen LogP contribution in [0.25, 0.3) is 0 Å². The number of aliphatic carboxylic acids is 1. The average molecular weight is 290 g/mol. The number of methoxy groups -OCH3 is 1. The van der Waals surface area contributed by atoms with Crippen molar-refractivity contribution in [3.63, 3.8) is 0 Å². The SMILES string of the molecule is COc1ccc(C(C(=O)O)c2cc(O)ccc2O)cc1O. The molecule has 0 bridgehead atoms. The van der Waals surface area contributed by atoms with Gasteiger partial charge in [0.1, 0.15) is 17.4 Å². The molecule has 2 aromatic carbocycles. The molecule has 21 heavy (non-hydrogen) atoms. The molecule has 0 amide bonds. The lowest BCUT2D eigenvalue weighted by Crippen LogP contribution is -2.13. The number of carboxylic acid groups (broad SMARTS) is 1. The summed E-state index contributed by atoms with van der Waals surface area (Å²) in [5.74, 6) is -2.86. The van der Waals surface area contributed by atoms with Gasteiger partial charge in [0.05, 0.1) is 7.11 Å². The van der Waals surface area contributed by atoms with E-state index in [-0.39, 0.29) is 34.1 Å². The van der Waals surface area contributed by atoms with E-state index in [9.17, 15) is 25.2 Å². The number of carbonyl (C=O) groups is 1. The second-order valence-electron chi connectivity index (χ2n) is 4.45. The molecule has 6 nitrogen and oxygen atoms in total. The summed E-state index contributed by atoms with van der Waals surface area (Å²) >= 11 is 0. The minimum atomic E-state index is -1.23. The molecule has 1 atom stereocenters. The highest BCUT2D eigenvalue weighted by Gasteiger charge is 2.26. The smallest absolute Gasteiger partial charge is 0.315 e. The van der Waals surface area contributed by atoms with Crippen molar-refractivity contribution in [2.75, 3.05) is 7.11 Å². The van der Waals surface area contributed by atoms with Crippen molar-refractivity contribution in [2.24, 2.45) is 0 Å². The zero-order valence-corrected chi connectivity index (χ0v) is 11.1. The first-order valence-electron chi connectivity index (χ1n) is 6.05. The van der Waals surface area contributed by atoms with E-state index < -0.39 is 11.9 Å². The molecular formula is C15H14O6. The van der Waals surface area contributed by atoms with E-state index in [2.05, 4.69) is 0 Å². The van der Waals surface area contributed by atoms with Gasteiger partial charge in [0, 0.05) is 5.56 Å². The summed E-state index contributed by atoms with van der Waals surface area (Å²) in [6.45, 7) is 0. The van der Waals surface area contributed by atoms with Crippen molar-refractivity contribution in [1.82, 2.24) is 0 Å². The Kier molecular flexibility index (Phi) is 3.89. The van der Waals surface area contributed by atoms with E-state index in [1.165, 1.54) is 43.5 Å². The molecule has 4 N–H and O–H groups in total. The Balaban J connectivity index is 2.56. The summed E-state index contributed by atoms with van der Waals surface area (Å²) in [4.78, 5) is 11.5. The largest absolute Gasteiger partial charge is 0.508 e. The molecular weight excluding hydrogens is 276 g/mol. The van der Waals surface area contributed by atoms with E-state index >= 15 is 0 Å². The zero-order chi connectivity index (χ0) is 15.6. The van der Waals surface area contributed by atoms with Crippen molar-refractivity contribution in [3.05, 3.63) is 47.5 Å². The second-order valence-corrected chi connectivity index (χ2v) is 4.45. The van der Waals surface area contributed by atoms with Gasteiger partial charge in [-0.05, 0) is 35.9 Å². The van der Waals surface area contributed by atoms with Crippen molar-refractivity contribution < 1.29 is 30.0 Å². The van der Waals surface area contributed by atoms with Gasteiger partial charge in [-0.1, -0.05) is 6.07 Å². The van der Waals surface area contributed by atoms with E-state index in [1.54, 1.807) is 0 Å². The van der Waals surface area contributed by atoms with Crippen LogP contribution < -0.4 is 4.74 Å². The molecule has 0 spiro atoms. The fraction of sp³-hybridized carbons (Fsp3) is 0.133. The molecule has 0 aliphatic rings. The highest BCUT2D eigenvalue weighted by Crippen LogP contribution is 2.37. The van der Waals surface area contributed by atoms with Crippen molar-refractivity contribution >= 4 is 5.97 Å². The number of phenolic OH excluding ortho intramolecular Hbond substituents is 3. The van der Waals surface area contributed by atoms with Crippen LogP contribution in [-0.2, 0) is 4.79 Å². The molecule has 2 rings (SSSR count). The molecule has 2 aromatic rings. The Morgan fingerprint density at radius 3 is 2.33 bits per heavy atom. The van der Waals surface area contributed by atoms with Gasteiger partial charge in [0.15, 0.2) is 11.5 Å². The second kappa shape index (κ2) is 5.62. The normalized spacial score (nSPS) is 11.9. The minimum Gasteiger partial charge on any atom is -0.508 e. The molecule has 0 aliphatic carbocycles. The van der Waals surface area contributed by atoms with Gasteiger partial charge in [-0.25, -0.2) is 0 Å². The minimum absolute atomic E-state index is 0.0343. The van der Waals surface area contributed by atoms with E-state index in [1.807, 2.05) is 0 Å². The number of carboxylic acids is 1. The Morgan fingerprint density at radius 1 is 1.05 bits per heavy atom. The van der Waals surface area contributed by atoms with Gasteiger partial charge >= 0.3 is 5.97 Å². The zero-order valence-electron chi connectivity index (χ0n) is 11.1. The quantitative estimate of drug-likeness (QED) is 0.642. The van der Waals surface area contributed by atoms with Gasteiger partial charge < -0.3 is 25.2 Å². The van der Waals surface area contributed by atoms with Gasteiger partial charge in [-0.15, -0.1) is 0 Å². The fourth-order valence-corrected chi connectivity index (χ4v) is 2.11. The van der Waals surface area contributed by atoms with Crippen molar-refractivity contribution in [3.8, 4) is 23.0 Å². The van der Waals surface area contributed by atoms with Crippen LogP contribution in [-0.4, -0.2) is 33.5 Å². The number of rotatable bonds is 4. The Hall–Kier alpha value is -2.89. The van der Waals surface area contributed by atoms with Crippen LogP contribution in [0.15, 0.2) is 36.4 Å². The average Bonchev–Trinajstić information content (AvgIpc) is 2.43. The number of phenols is 3. The molecule has 0 radical (unpaired) electrons. The molecule has 0 heterocycles. The third-order valence-corrected chi connectivity index (χ3v) is 3.11. The van der Waals surface area contributed by atoms with Gasteiger partial charge in [-0.2, -0.15) is 0 Å².